The maximum absolute atomic E-state index is 11.3. The molecule has 0 saturated carbocycles. The second-order valence-electron chi connectivity index (χ2n) is 3.04. The van der Waals surface area contributed by atoms with Crippen LogP contribution in [0.2, 0.25) is 0 Å². The lowest BCUT2D eigenvalue weighted by Gasteiger charge is -1.96. The smallest absolute Gasteiger partial charge is 0.309 e. The zero-order valence-corrected chi connectivity index (χ0v) is 9.58. The fraction of sp³-hybridized carbons (Fsp3) is 0.300. The van der Waals surface area contributed by atoms with Crippen molar-refractivity contribution in [3.63, 3.8) is 0 Å². The largest absolute Gasteiger partial charge is 0.481 e. The van der Waals surface area contributed by atoms with Gasteiger partial charge in [0, 0.05) is 11.8 Å². The van der Waals surface area contributed by atoms with E-state index in [0.717, 1.165) is 0 Å². The number of carboxylic acids is 1. The van der Waals surface area contributed by atoms with Crippen molar-refractivity contribution in [2.45, 2.75) is 19.8 Å². The summed E-state index contributed by atoms with van der Waals surface area (Å²) < 4.78 is 0. The molecule has 1 amide bonds. The molecule has 0 spiro atoms. The molecular formula is C10H12N2O3S. The van der Waals surface area contributed by atoms with Crippen LogP contribution in [0.4, 0.5) is 5.13 Å². The lowest BCUT2D eigenvalue weighted by atomic mass is 10.3. The summed E-state index contributed by atoms with van der Waals surface area (Å²) >= 11 is 1.22. The molecule has 2 N–H and O–H groups in total. The maximum Gasteiger partial charge on any atom is 0.309 e. The monoisotopic (exact) mass is 240 g/mol. The van der Waals surface area contributed by atoms with Crippen molar-refractivity contribution in [1.82, 2.24) is 4.98 Å². The van der Waals surface area contributed by atoms with E-state index >= 15 is 0 Å². The molecule has 0 radical (unpaired) electrons. The van der Waals surface area contributed by atoms with Crippen molar-refractivity contribution < 1.29 is 14.7 Å². The molecule has 0 unspecified atom stereocenters. The summed E-state index contributed by atoms with van der Waals surface area (Å²) in [5.41, 5.74) is 0.457. The van der Waals surface area contributed by atoms with Crippen molar-refractivity contribution >= 4 is 28.3 Å². The summed E-state index contributed by atoms with van der Waals surface area (Å²) in [5, 5.41) is 13.2. The SMILES string of the molecule is CC=CCC(=O)Nc1nc(CC(=O)O)cs1. The van der Waals surface area contributed by atoms with Crippen LogP contribution < -0.4 is 5.32 Å². The molecule has 0 fully saturated rings. The van der Waals surface area contributed by atoms with E-state index in [4.69, 9.17) is 5.11 Å². The molecule has 0 aliphatic rings. The van der Waals surface area contributed by atoms with E-state index in [1.54, 1.807) is 17.5 Å². The molecule has 0 aliphatic carbocycles. The summed E-state index contributed by atoms with van der Waals surface area (Å²) in [6.07, 6.45) is 3.70. The van der Waals surface area contributed by atoms with E-state index in [0.29, 0.717) is 17.2 Å². The van der Waals surface area contributed by atoms with Crippen LogP contribution in [0.1, 0.15) is 19.0 Å². The molecule has 6 heteroatoms. The highest BCUT2D eigenvalue weighted by atomic mass is 32.1. The third-order valence-corrected chi connectivity index (χ3v) is 2.48. The van der Waals surface area contributed by atoms with Gasteiger partial charge in [0.05, 0.1) is 12.1 Å². The number of anilines is 1. The van der Waals surface area contributed by atoms with Crippen molar-refractivity contribution in [2.24, 2.45) is 0 Å². The van der Waals surface area contributed by atoms with Gasteiger partial charge in [-0.3, -0.25) is 9.59 Å². The number of allylic oxidation sites excluding steroid dienone is 1. The normalized spacial score (nSPS) is 10.6. The van der Waals surface area contributed by atoms with Gasteiger partial charge in [-0.2, -0.15) is 0 Å². The fourth-order valence-electron chi connectivity index (χ4n) is 0.996. The number of aliphatic carboxylic acids is 1. The quantitative estimate of drug-likeness (QED) is 0.767. The number of rotatable bonds is 5. The molecule has 0 aliphatic heterocycles. The Balaban J connectivity index is 2.51. The Bertz CT molecular complexity index is 412. The van der Waals surface area contributed by atoms with E-state index in [2.05, 4.69) is 10.3 Å². The highest BCUT2D eigenvalue weighted by Gasteiger charge is 2.07. The first kappa shape index (κ1) is 12.4. The van der Waals surface area contributed by atoms with Gasteiger partial charge in [-0.1, -0.05) is 12.2 Å². The van der Waals surface area contributed by atoms with Crippen molar-refractivity contribution in [2.75, 3.05) is 5.32 Å². The van der Waals surface area contributed by atoms with Gasteiger partial charge in [0.15, 0.2) is 5.13 Å². The standard InChI is InChI=1S/C10H12N2O3S/c1-2-3-4-8(13)12-10-11-7(6-16-10)5-9(14)15/h2-3,6H,4-5H2,1H3,(H,14,15)(H,11,12,13). The van der Waals surface area contributed by atoms with E-state index in [9.17, 15) is 9.59 Å². The second-order valence-corrected chi connectivity index (χ2v) is 3.89. The summed E-state index contributed by atoms with van der Waals surface area (Å²) in [5.74, 6) is -1.09. The Morgan fingerprint density at radius 1 is 1.62 bits per heavy atom. The van der Waals surface area contributed by atoms with Gasteiger partial charge in [-0.15, -0.1) is 11.3 Å². The Kier molecular flexibility index (Phi) is 4.65. The number of amides is 1. The number of carboxylic acid groups (broad SMARTS) is 1. The Labute approximate surface area is 96.8 Å². The number of nitrogens with zero attached hydrogens (tertiary/aromatic N) is 1. The van der Waals surface area contributed by atoms with E-state index in [1.807, 2.05) is 6.92 Å². The lowest BCUT2D eigenvalue weighted by Crippen LogP contribution is -2.10. The molecule has 0 saturated heterocycles. The summed E-state index contributed by atoms with van der Waals surface area (Å²) in [7, 11) is 0. The zero-order chi connectivity index (χ0) is 12.0. The molecule has 1 rings (SSSR count). The summed E-state index contributed by atoms with van der Waals surface area (Å²) in [4.78, 5) is 25.7. The van der Waals surface area contributed by atoms with Crippen LogP contribution in [0.15, 0.2) is 17.5 Å². The minimum atomic E-state index is -0.933. The molecule has 0 bridgehead atoms. The third kappa shape index (κ3) is 4.22. The maximum atomic E-state index is 11.3. The number of hydrogen-bond donors (Lipinski definition) is 2. The highest BCUT2D eigenvalue weighted by molar-refractivity contribution is 7.13. The minimum Gasteiger partial charge on any atom is -0.481 e. The first-order valence-corrected chi connectivity index (χ1v) is 5.57. The number of carbonyl (C=O) groups is 2. The Hall–Kier alpha value is -1.69. The molecule has 1 heterocycles. The predicted octanol–water partition coefficient (Wildman–Crippen LogP) is 1.67. The Morgan fingerprint density at radius 3 is 3.00 bits per heavy atom. The van der Waals surface area contributed by atoms with Gasteiger partial charge >= 0.3 is 5.97 Å². The molecule has 16 heavy (non-hydrogen) atoms. The third-order valence-electron chi connectivity index (χ3n) is 1.67. The van der Waals surface area contributed by atoms with Crippen LogP contribution >= 0.6 is 11.3 Å². The summed E-state index contributed by atoms with van der Waals surface area (Å²) in [6, 6.07) is 0. The number of hydrogen-bond acceptors (Lipinski definition) is 4. The average molecular weight is 240 g/mol. The van der Waals surface area contributed by atoms with Crippen LogP contribution in [-0.2, 0) is 16.0 Å². The molecule has 1 aromatic heterocycles. The van der Waals surface area contributed by atoms with Gasteiger partial charge in [0.25, 0.3) is 0 Å². The average Bonchev–Trinajstić information content (AvgIpc) is 2.61. The first-order chi connectivity index (χ1) is 7.61. The van der Waals surface area contributed by atoms with Crippen LogP contribution in [-0.4, -0.2) is 22.0 Å². The van der Waals surface area contributed by atoms with Crippen LogP contribution in [0.5, 0.6) is 0 Å². The van der Waals surface area contributed by atoms with Gasteiger partial charge < -0.3 is 10.4 Å². The number of carbonyl (C=O) groups excluding carboxylic acids is 1. The zero-order valence-electron chi connectivity index (χ0n) is 8.77. The van der Waals surface area contributed by atoms with Crippen LogP contribution in [0, 0.1) is 0 Å². The lowest BCUT2D eigenvalue weighted by molar-refractivity contribution is -0.136. The number of aromatic nitrogens is 1. The van der Waals surface area contributed by atoms with Crippen molar-refractivity contribution in [3.8, 4) is 0 Å². The molecule has 86 valence electrons. The minimum absolute atomic E-state index is 0.124. The van der Waals surface area contributed by atoms with Gasteiger partial charge in [-0.25, -0.2) is 4.98 Å². The van der Waals surface area contributed by atoms with Gasteiger partial charge in [0.2, 0.25) is 5.91 Å². The summed E-state index contributed by atoms with van der Waals surface area (Å²) in [6.45, 7) is 1.83. The van der Waals surface area contributed by atoms with Crippen LogP contribution in [0.3, 0.4) is 0 Å². The molecule has 0 aromatic carbocycles. The highest BCUT2D eigenvalue weighted by Crippen LogP contribution is 2.15. The first-order valence-electron chi connectivity index (χ1n) is 4.69. The van der Waals surface area contributed by atoms with E-state index in [1.165, 1.54) is 11.3 Å². The van der Waals surface area contributed by atoms with Gasteiger partial charge in [0.1, 0.15) is 0 Å². The molecule has 1 aromatic rings. The second kappa shape index (κ2) is 6.02. The van der Waals surface area contributed by atoms with Gasteiger partial charge in [-0.05, 0) is 6.92 Å². The number of nitrogens with one attached hydrogen (secondary N) is 1. The van der Waals surface area contributed by atoms with E-state index < -0.39 is 5.97 Å². The Morgan fingerprint density at radius 2 is 2.38 bits per heavy atom. The van der Waals surface area contributed by atoms with Crippen molar-refractivity contribution in [1.29, 1.82) is 0 Å². The van der Waals surface area contributed by atoms with Crippen LogP contribution in [0.25, 0.3) is 0 Å². The predicted molar refractivity (Wildman–Crippen MR) is 61.5 cm³/mol. The topological polar surface area (TPSA) is 79.3 Å². The van der Waals surface area contributed by atoms with E-state index in [-0.39, 0.29) is 12.3 Å². The molecule has 5 nitrogen and oxygen atoms in total. The van der Waals surface area contributed by atoms with Crippen molar-refractivity contribution in [3.05, 3.63) is 23.2 Å². The fourth-order valence-corrected chi connectivity index (χ4v) is 1.72. The molecule has 0 atom stereocenters. The number of thiazole rings is 1. The molecular weight excluding hydrogens is 228 g/mol.